The highest BCUT2D eigenvalue weighted by Crippen LogP contribution is 2.34. The second-order valence-electron chi connectivity index (χ2n) is 3.91. The number of benzene rings is 1. The number of nitrogens with zero attached hydrogens (tertiary/aromatic N) is 1. The Morgan fingerprint density at radius 3 is 2.50 bits per heavy atom. The van der Waals surface area contributed by atoms with Gasteiger partial charge in [-0.15, -0.1) is 0 Å². The molecule has 0 bridgehead atoms. The molecule has 2 rings (SSSR count). The zero-order chi connectivity index (χ0) is 13.5. The lowest BCUT2D eigenvalue weighted by atomic mass is 10.1. The van der Waals surface area contributed by atoms with E-state index in [2.05, 4.69) is 20.9 Å². The number of halogens is 4. The van der Waals surface area contributed by atoms with E-state index in [1.807, 2.05) is 6.92 Å². The summed E-state index contributed by atoms with van der Waals surface area (Å²) in [4.78, 5) is 3.69. The molecule has 2 aromatic rings. The number of hydrogen-bond donors (Lipinski definition) is 1. The molecule has 18 heavy (non-hydrogen) atoms. The van der Waals surface area contributed by atoms with Crippen molar-refractivity contribution in [2.24, 2.45) is 0 Å². The molecule has 0 saturated heterocycles. The van der Waals surface area contributed by atoms with Crippen LogP contribution >= 0.6 is 15.9 Å². The molecule has 0 aliphatic heterocycles. The number of hydrogen-bond acceptors (Lipinski definition) is 2. The fourth-order valence-corrected chi connectivity index (χ4v) is 2.31. The zero-order valence-corrected chi connectivity index (χ0v) is 11.1. The Balaban J connectivity index is 2.83. The normalized spacial score (nSPS) is 12.1. The molecule has 1 aromatic heterocycles. The lowest BCUT2D eigenvalue weighted by Crippen LogP contribution is -2.09. The third kappa shape index (κ3) is 2.29. The summed E-state index contributed by atoms with van der Waals surface area (Å²) in [5, 5.41) is 0.536. The van der Waals surface area contributed by atoms with Crippen LogP contribution in [-0.4, -0.2) is 4.98 Å². The highest BCUT2D eigenvalue weighted by molar-refractivity contribution is 9.10. The van der Waals surface area contributed by atoms with Crippen molar-refractivity contribution in [1.29, 1.82) is 0 Å². The van der Waals surface area contributed by atoms with Crippen molar-refractivity contribution >= 4 is 32.5 Å². The Morgan fingerprint density at radius 2 is 1.94 bits per heavy atom. The molecule has 2 nitrogen and oxygen atoms in total. The highest BCUT2D eigenvalue weighted by Gasteiger charge is 2.33. The number of nitrogen functional groups attached to an aromatic ring is 1. The van der Waals surface area contributed by atoms with Gasteiger partial charge in [0.05, 0.1) is 5.52 Å². The Morgan fingerprint density at radius 1 is 1.28 bits per heavy atom. The minimum absolute atomic E-state index is 0.0864. The first-order chi connectivity index (χ1) is 8.32. The first-order valence-corrected chi connectivity index (χ1v) is 6.08. The molecule has 0 amide bonds. The SMILES string of the molecule is CCc1cc(Br)cc2c(N)cc(C(F)(F)F)nc12. The Hall–Kier alpha value is -1.30. The maximum absolute atomic E-state index is 12.7. The van der Waals surface area contributed by atoms with Gasteiger partial charge in [-0.2, -0.15) is 13.2 Å². The lowest BCUT2D eigenvalue weighted by molar-refractivity contribution is -0.140. The summed E-state index contributed by atoms with van der Waals surface area (Å²) in [5.41, 5.74) is 5.86. The van der Waals surface area contributed by atoms with E-state index < -0.39 is 11.9 Å². The van der Waals surface area contributed by atoms with Crippen LogP contribution in [-0.2, 0) is 12.6 Å². The van der Waals surface area contributed by atoms with Gasteiger partial charge in [0.2, 0.25) is 0 Å². The first-order valence-electron chi connectivity index (χ1n) is 5.28. The van der Waals surface area contributed by atoms with Gasteiger partial charge in [0, 0.05) is 15.5 Å². The molecule has 0 spiro atoms. The predicted molar refractivity (Wildman–Crippen MR) is 68.2 cm³/mol. The Bertz CT molecular complexity index is 608. The molecule has 2 N–H and O–H groups in total. The number of nitrogens with two attached hydrogens (primary N) is 1. The number of alkyl halides is 3. The third-order valence-corrected chi connectivity index (χ3v) is 3.12. The minimum atomic E-state index is -4.49. The van der Waals surface area contributed by atoms with Crippen molar-refractivity contribution in [2.45, 2.75) is 19.5 Å². The predicted octanol–water partition coefficient (Wildman–Crippen LogP) is 4.16. The molecule has 0 fully saturated rings. The summed E-state index contributed by atoms with van der Waals surface area (Å²) in [6.45, 7) is 1.86. The Labute approximate surface area is 110 Å². The van der Waals surface area contributed by atoms with Gasteiger partial charge in [0.1, 0.15) is 5.69 Å². The fourth-order valence-electron chi connectivity index (χ4n) is 1.80. The van der Waals surface area contributed by atoms with Crippen molar-refractivity contribution in [3.8, 4) is 0 Å². The van der Waals surface area contributed by atoms with E-state index >= 15 is 0 Å². The van der Waals surface area contributed by atoms with Gasteiger partial charge in [0.15, 0.2) is 0 Å². The van der Waals surface area contributed by atoms with Gasteiger partial charge in [0.25, 0.3) is 0 Å². The van der Waals surface area contributed by atoms with Crippen LogP contribution in [0.1, 0.15) is 18.2 Å². The third-order valence-electron chi connectivity index (χ3n) is 2.66. The topological polar surface area (TPSA) is 38.9 Å². The van der Waals surface area contributed by atoms with Gasteiger partial charge in [-0.1, -0.05) is 22.9 Å². The summed E-state index contributed by atoms with van der Waals surface area (Å²) in [5.74, 6) is 0. The summed E-state index contributed by atoms with van der Waals surface area (Å²) in [7, 11) is 0. The van der Waals surface area contributed by atoms with Crippen LogP contribution in [0.2, 0.25) is 0 Å². The number of anilines is 1. The molecule has 6 heteroatoms. The summed E-state index contributed by atoms with van der Waals surface area (Å²) in [6, 6.07) is 4.31. The van der Waals surface area contributed by atoms with Gasteiger partial charge >= 0.3 is 6.18 Å². The van der Waals surface area contributed by atoms with E-state index in [1.54, 1.807) is 12.1 Å². The van der Waals surface area contributed by atoms with E-state index in [1.165, 1.54) is 0 Å². The average molecular weight is 319 g/mol. The maximum Gasteiger partial charge on any atom is 0.433 e. The summed E-state index contributed by atoms with van der Waals surface area (Å²) in [6.07, 6.45) is -3.90. The molecule has 0 aliphatic rings. The van der Waals surface area contributed by atoms with Crippen LogP contribution < -0.4 is 5.73 Å². The molecule has 0 unspecified atom stereocenters. The van der Waals surface area contributed by atoms with Crippen LogP contribution in [0.4, 0.5) is 18.9 Å². The second-order valence-corrected chi connectivity index (χ2v) is 4.82. The van der Waals surface area contributed by atoms with Crippen LogP contribution in [0.15, 0.2) is 22.7 Å². The smallest absolute Gasteiger partial charge is 0.398 e. The van der Waals surface area contributed by atoms with Crippen molar-refractivity contribution in [1.82, 2.24) is 4.98 Å². The van der Waals surface area contributed by atoms with Gasteiger partial charge in [-0.05, 0) is 30.2 Å². The van der Waals surface area contributed by atoms with Crippen molar-refractivity contribution in [2.75, 3.05) is 5.73 Å². The summed E-state index contributed by atoms with van der Waals surface area (Å²) >= 11 is 3.31. The quantitative estimate of drug-likeness (QED) is 0.857. The number of aryl methyl sites for hydroxylation is 1. The van der Waals surface area contributed by atoms with E-state index in [0.29, 0.717) is 17.3 Å². The monoisotopic (exact) mass is 318 g/mol. The second kappa shape index (κ2) is 4.42. The largest absolute Gasteiger partial charge is 0.433 e. The highest BCUT2D eigenvalue weighted by atomic mass is 79.9. The van der Waals surface area contributed by atoms with Crippen molar-refractivity contribution < 1.29 is 13.2 Å². The van der Waals surface area contributed by atoms with E-state index in [-0.39, 0.29) is 5.69 Å². The Kier molecular flexibility index (Phi) is 3.23. The standard InChI is InChI=1S/C12H10BrF3N2/c1-2-6-3-7(13)4-8-9(17)5-10(12(14,15)16)18-11(6)8/h3-5H,2H2,1H3,(H2,17,18). The summed E-state index contributed by atoms with van der Waals surface area (Å²) < 4.78 is 38.8. The van der Waals surface area contributed by atoms with Crippen LogP contribution in [0, 0.1) is 0 Å². The fraction of sp³-hybridized carbons (Fsp3) is 0.250. The van der Waals surface area contributed by atoms with Crippen LogP contribution in [0.25, 0.3) is 10.9 Å². The molecular formula is C12H10BrF3N2. The average Bonchev–Trinajstić information content (AvgIpc) is 2.27. The van der Waals surface area contributed by atoms with Crippen LogP contribution in [0.5, 0.6) is 0 Å². The number of pyridine rings is 1. The molecule has 0 atom stereocenters. The molecule has 1 heterocycles. The molecule has 0 aliphatic carbocycles. The molecule has 96 valence electrons. The van der Waals surface area contributed by atoms with Gasteiger partial charge in [-0.25, -0.2) is 4.98 Å². The number of rotatable bonds is 1. The van der Waals surface area contributed by atoms with Crippen molar-refractivity contribution in [3.05, 3.63) is 33.9 Å². The first kappa shape index (κ1) is 13.1. The van der Waals surface area contributed by atoms with Gasteiger partial charge < -0.3 is 5.73 Å². The van der Waals surface area contributed by atoms with Crippen LogP contribution in [0.3, 0.4) is 0 Å². The van der Waals surface area contributed by atoms with Gasteiger partial charge in [-0.3, -0.25) is 0 Å². The molecule has 0 saturated carbocycles. The minimum Gasteiger partial charge on any atom is -0.398 e. The molecule has 1 aromatic carbocycles. The maximum atomic E-state index is 12.7. The lowest BCUT2D eigenvalue weighted by Gasteiger charge is -2.12. The molecule has 0 radical (unpaired) electrons. The van der Waals surface area contributed by atoms with E-state index in [0.717, 1.165) is 16.1 Å². The van der Waals surface area contributed by atoms with E-state index in [4.69, 9.17) is 5.73 Å². The molecular weight excluding hydrogens is 309 g/mol. The van der Waals surface area contributed by atoms with Crippen molar-refractivity contribution in [3.63, 3.8) is 0 Å². The van der Waals surface area contributed by atoms with E-state index in [9.17, 15) is 13.2 Å². The number of fused-ring (bicyclic) bond motifs is 1. The number of aromatic nitrogens is 1. The zero-order valence-electron chi connectivity index (χ0n) is 9.48.